The van der Waals surface area contributed by atoms with Crippen molar-refractivity contribution in [3.05, 3.63) is 23.8 Å². The van der Waals surface area contributed by atoms with Crippen molar-refractivity contribution in [1.82, 2.24) is 10.2 Å². The third-order valence-electron chi connectivity index (χ3n) is 4.21. The summed E-state index contributed by atoms with van der Waals surface area (Å²) in [4.78, 5) is 2.39. The molecule has 2 heterocycles. The molecule has 2 aliphatic heterocycles. The average molecular weight is 276 g/mol. The molecule has 0 aromatic heterocycles. The summed E-state index contributed by atoms with van der Waals surface area (Å²) >= 11 is 0. The number of aryl methyl sites for hydroxylation is 1. The first-order valence-corrected chi connectivity index (χ1v) is 7.54. The predicted octanol–water partition coefficient (Wildman–Crippen LogP) is 2.03. The SMILES string of the molecule is CC(CCc1ccc2c(c1)OCO2)NC1CCN(C)C1. The fourth-order valence-electron chi connectivity index (χ4n) is 3.04. The van der Waals surface area contributed by atoms with Gasteiger partial charge in [0.15, 0.2) is 11.5 Å². The second kappa shape index (κ2) is 6.02. The molecule has 0 spiro atoms. The smallest absolute Gasteiger partial charge is 0.231 e. The number of hydrogen-bond acceptors (Lipinski definition) is 4. The molecular formula is C16H24N2O2. The molecule has 0 saturated carbocycles. The summed E-state index contributed by atoms with van der Waals surface area (Å²) in [5, 5.41) is 3.73. The van der Waals surface area contributed by atoms with Crippen molar-refractivity contribution in [3.8, 4) is 11.5 Å². The first kappa shape index (κ1) is 13.7. The van der Waals surface area contributed by atoms with Gasteiger partial charge >= 0.3 is 0 Å². The van der Waals surface area contributed by atoms with E-state index in [-0.39, 0.29) is 0 Å². The Bertz CT molecular complexity index is 464. The van der Waals surface area contributed by atoms with E-state index in [1.54, 1.807) is 0 Å². The molecule has 3 rings (SSSR count). The van der Waals surface area contributed by atoms with E-state index in [0.717, 1.165) is 24.3 Å². The number of nitrogens with zero attached hydrogens (tertiary/aromatic N) is 1. The minimum absolute atomic E-state index is 0.353. The predicted molar refractivity (Wildman–Crippen MR) is 79.4 cm³/mol. The van der Waals surface area contributed by atoms with Gasteiger partial charge in [0.25, 0.3) is 0 Å². The van der Waals surface area contributed by atoms with E-state index in [4.69, 9.17) is 9.47 Å². The number of fused-ring (bicyclic) bond motifs is 1. The van der Waals surface area contributed by atoms with Gasteiger partial charge in [-0.05, 0) is 57.5 Å². The summed E-state index contributed by atoms with van der Waals surface area (Å²) < 4.78 is 10.8. The molecule has 2 atom stereocenters. The monoisotopic (exact) mass is 276 g/mol. The Kier molecular flexibility index (Phi) is 4.13. The van der Waals surface area contributed by atoms with Gasteiger partial charge in [0.1, 0.15) is 0 Å². The van der Waals surface area contributed by atoms with E-state index in [0.29, 0.717) is 18.9 Å². The zero-order valence-electron chi connectivity index (χ0n) is 12.4. The van der Waals surface area contributed by atoms with Crippen LogP contribution in [0.15, 0.2) is 18.2 Å². The lowest BCUT2D eigenvalue weighted by molar-refractivity contribution is 0.174. The molecule has 1 aromatic carbocycles. The van der Waals surface area contributed by atoms with Crippen molar-refractivity contribution >= 4 is 0 Å². The number of likely N-dealkylation sites (tertiary alicyclic amines) is 1. The molecule has 1 saturated heterocycles. The van der Waals surface area contributed by atoms with Gasteiger partial charge in [-0.15, -0.1) is 0 Å². The number of benzene rings is 1. The Balaban J connectivity index is 1.46. The normalized spacial score (nSPS) is 23.2. The molecule has 2 aliphatic rings. The van der Waals surface area contributed by atoms with E-state index < -0.39 is 0 Å². The van der Waals surface area contributed by atoms with Gasteiger partial charge in [-0.25, -0.2) is 0 Å². The Morgan fingerprint density at radius 2 is 2.20 bits per heavy atom. The van der Waals surface area contributed by atoms with Crippen LogP contribution < -0.4 is 14.8 Å². The number of likely N-dealkylation sites (N-methyl/N-ethyl adjacent to an activating group) is 1. The van der Waals surface area contributed by atoms with Gasteiger partial charge in [-0.3, -0.25) is 0 Å². The summed E-state index contributed by atoms with van der Waals surface area (Å²) in [5.74, 6) is 1.76. The Hall–Kier alpha value is -1.26. The van der Waals surface area contributed by atoms with Crippen LogP contribution in [-0.2, 0) is 6.42 Å². The van der Waals surface area contributed by atoms with E-state index >= 15 is 0 Å². The third-order valence-corrected chi connectivity index (χ3v) is 4.21. The van der Waals surface area contributed by atoms with Crippen LogP contribution in [0.5, 0.6) is 11.5 Å². The first-order chi connectivity index (χ1) is 9.70. The van der Waals surface area contributed by atoms with E-state index in [9.17, 15) is 0 Å². The van der Waals surface area contributed by atoms with Gasteiger partial charge in [0.2, 0.25) is 6.79 Å². The van der Waals surface area contributed by atoms with Crippen LogP contribution in [0.2, 0.25) is 0 Å². The highest BCUT2D eigenvalue weighted by atomic mass is 16.7. The number of nitrogens with one attached hydrogen (secondary N) is 1. The number of rotatable bonds is 5. The largest absolute Gasteiger partial charge is 0.454 e. The lowest BCUT2D eigenvalue weighted by Gasteiger charge is -2.19. The Morgan fingerprint density at radius 1 is 1.35 bits per heavy atom. The Labute approximate surface area is 121 Å². The average Bonchev–Trinajstić information content (AvgIpc) is 3.04. The van der Waals surface area contributed by atoms with Crippen LogP contribution >= 0.6 is 0 Å². The van der Waals surface area contributed by atoms with Gasteiger partial charge < -0.3 is 19.7 Å². The molecule has 2 unspecified atom stereocenters. The van der Waals surface area contributed by atoms with Gasteiger partial charge in [0, 0.05) is 18.6 Å². The van der Waals surface area contributed by atoms with Crippen LogP contribution in [0, 0.1) is 0 Å². The second-order valence-electron chi connectivity index (χ2n) is 6.04. The van der Waals surface area contributed by atoms with Gasteiger partial charge in [-0.1, -0.05) is 6.07 Å². The van der Waals surface area contributed by atoms with Crippen molar-refractivity contribution in [1.29, 1.82) is 0 Å². The molecule has 1 fully saturated rings. The Morgan fingerprint density at radius 3 is 3.00 bits per heavy atom. The highest BCUT2D eigenvalue weighted by Crippen LogP contribution is 2.32. The molecular weight excluding hydrogens is 252 g/mol. The van der Waals surface area contributed by atoms with E-state index in [1.165, 1.54) is 25.1 Å². The van der Waals surface area contributed by atoms with Crippen molar-refractivity contribution < 1.29 is 9.47 Å². The van der Waals surface area contributed by atoms with Crippen molar-refractivity contribution in [2.45, 2.75) is 38.3 Å². The van der Waals surface area contributed by atoms with Gasteiger partial charge in [0.05, 0.1) is 0 Å². The maximum absolute atomic E-state index is 5.42. The lowest BCUT2D eigenvalue weighted by atomic mass is 10.0. The topological polar surface area (TPSA) is 33.7 Å². The summed E-state index contributed by atoms with van der Waals surface area (Å²) in [6.07, 6.45) is 3.50. The van der Waals surface area contributed by atoms with Crippen LogP contribution in [0.4, 0.5) is 0 Å². The molecule has 0 radical (unpaired) electrons. The second-order valence-corrected chi connectivity index (χ2v) is 6.04. The standard InChI is InChI=1S/C16H24N2O2/c1-12(17-14-7-8-18(2)10-14)3-4-13-5-6-15-16(9-13)20-11-19-15/h5-6,9,12,14,17H,3-4,7-8,10-11H2,1-2H3. The minimum atomic E-state index is 0.353. The third kappa shape index (κ3) is 3.25. The zero-order chi connectivity index (χ0) is 13.9. The molecule has 0 aliphatic carbocycles. The van der Waals surface area contributed by atoms with Crippen LogP contribution in [0.1, 0.15) is 25.3 Å². The number of hydrogen-bond donors (Lipinski definition) is 1. The molecule has 1 N–H and O–H groups in total. The number of ether oxygens (including phenoxy) is 2. The molecule has 4 heteroatoms. The van der Waals surface area contributed by atoms with E-state index in [2.05, 4.69) is 36.3 Å². The van der Waals surface area contributed by atoms with Crippen molar-refractivity contribution in [2.24, 2.45) is 0 Å². The van der Waals surface area contributed by atoms with Crippen molar-refractivity contribution in [2.75, 3.05) is 26.9 Å². The molecule has 0 amide bonds. The molecule has 0 bridgehead atoms. The summed E-state index contributed by atoms with van der Waals surface area (Å²) in [6, 6.07) is 7.48. The van der Waals surface area contributed by atoms with Crippen LogP contribution in [0.25, 0.3) is 0 Å². The minimum Gasteiger partial charge on any atom is -0.454 e. The highest BCUT2D eigenvalue weighted by Gasteiger charge is 2.20. The maximum atomic E-state index is 5.42. The summed E-state index contributed by atoms with van der Waals surface area (Å²) in [5.41, 5.74) is 1.33. The maximum Gasteiger partial charge on any atom is 0.231 e. The summed E-state index contributed by atoms with van der Waals surface area (Å²) in [7, 11) is 2.19. The lowest BCUT2D eigenvalue weighted by Crippen LogP contribution is -2.38. The van der Waals surface area contributed by atoms with E-state index in [1.807, 2.05) is 6.07 Å². The summed E-state index contributed by atoms with van der Waals surface area (Å²) in [6.45, 7) is 5.03. The van der Waals surface area contributed by atoms with Gasteiger partial charge in [-0.2, -0.15) is 0 Å². The van der Waals surface area contributed by atoms with Crippen molar-refractivity contribution in [3.63, 3.8) is 0 Å². The van der Waals surface area contributed by atoms with Crippen LogP contribution in [-0.4, -0.2) is 43.9 Å². The fraction of sp³-hybridized carbons (Fsp3) is 0.625. The first-order valence-electron chi connectivity index (χ1n) is 7.54. The molecule has 4 nitrogen and oxygen atoms in total. The molecule has 1 aromatic rings. The fourth-order valence-corrected chi connectivity index (χ4v) is 3.04. The van der Waals surface area contributed by atoms with Crippen LogP contribution in [0.3, 0.4) is 0 Å². The zero-order valence-corrected chi connectivity index (χ0v) is 12.4. The quantitative estimate of drug-likeness (QED) is 0.892. The molecule has 110 valence electrons. The highest BCUT2D eigenvalue weighted by molar-refractivity contribution is 5.44. The molecule has 20 heavy (non-hydrogen) atoms.